The minimum Gasteiger partial charge on any atom is -0.355 e. The van der Waals surface area contributed by atoms with E-state index in [1.54, 1.807) is 14.0 Å². The van der Waals surface area contributed by atoms with E-state index in [9.17, 15) is 8.42 Å². The Labute approximate surface area is 133 Å². The summed E-state index contributed by atoms with van der Waals surface area (Å²) in [7, 11) is -1.45. The van der Waals surface area contributed by atoms with Gasteiger partial charge in [-0.25, -0.2) is 13.1 Å². The molecule has 0 bridgehead atoms. The maximum atomic E-state index is 11.3. The lowest BCUT2D eigenvalue weighted by Crippen LogP contribution is -2.41. The van der Waals surface area contributed by atoms with Crippen molar-refractivity contribution in [3.8, 4) is 0 Å². The molecule has 22 heavy (non-hydrogen) atoms. The first-order valence-corrected chi connectivity index (χ1v) is 9.01. The van der Waals surface area contributed by atoms with Crippen LogP contribution >= 0.6 is 0 Å². The second-order valence-corrected chi connectivity index (χ2v) is 7.18. The predicted octanol–water partition coefficient (Wildman–Crippen LogP) is 0.908. The standard InChI is InChI=1S/C15H26N4O2S/c1-5-22(20,21)19-9-8-17-15(16-4)18-11-14-7-6-12(2)10-13(14)3/h6-7,10,19H,5,8-9,11H2,1-4H3,(H2,16,17,18). The summed E-state index contributed by atoms with van der Waals surface area (Å²) in [5.74, 6) is 0.739. The molecule has 6 nitrogen and oxygen atoms in total. The molecule has 0 radical (unpaired) electrons. The van der Waals surface area contributed by atoms with Crippen molar-refractivity contribution in [1.29, 1.82) is 0 Å². The van der Waals surface area contributed by atoms with E-state index in [2.05, 4.69) is 52.4 Å². The average Bonchev–Trinajstić information content (AvgIpc) is 2.48. The Morgan fingerprint density at radius 1 is 1.18 bits per heavy atom. The molecule has 3 N–H and O–H groups in total. The van der Waals surface area contributed by atoms with Crippen LogP contribution in [0.15, 0.2) is 23.2 Å². The van der Waals surface area contributed by atoms with Crippen molar-refractivity contribution in [2.45, 2.75) is 27.3 Å². The van der Waals surface area contributed by atoms with Crippen molar-refractivity contribution < 1.29 is 8.42 Å². The highest BCUT2D eigenvalue weighted by Crippen LogP contribution is 2.09. The second kappa shape index (κ2) is 8.75. The summed E-state index contributed by atoms with van der Waals surface area (Å²) in [6.45, 7) is 7.25. The molecular formula is C15H26N4O2S. The van der Waals surface area contributed by atoms with Crippen LogP contribution in [-0.4, -0.2) is 40.3 Å². The fourth-order valence-electron chi connectivity index (χ4n) is 1.93. The van der Waals surface area contributed by atoms with E-state index in [1.165, 1.54) is 16.7 Å². The normalized spacial score (nSPS) is 12.3. The van der Waals surface area contributed by atoms with Crippen LogP contribution in [-0.2, 0) is 16.6 Å². The Morgan fingerprint density at radius 3 is 2.50 bits per heavy atom. The molecular weight excluding hydrogens is 300 g/mol. The Kier molecular flexibility index (Phi) is 7.34. The number of hydrogen-bond donors (Lipinski definition) is 3. The van der Waals surface area contributed by atoms with E-state index in [0.29, 0.717) is 25.6 Å². The molecule has 0 fully saturated rings. The number of nitrogens with one attached hydrogen (secondary N) is 3. The maximum Gasteiger partial charge on any atom is 0.211 e. The summed E-state index contributed by atoms with van der Waals surface area (Å²) in [4.78, 5) is 4.12. The highest BCUT2D eigenvalue weighted by atomic mass is 32.2. The molecule has 0 unspecified atom stereocenters. The number of hydrogen-bond acceptors (Lipinski definition) is 3. The fraction of sp³-hybridized carbons (Fsp3) is 0.533. The van der Waals surface area contributed by atoms with E-state index in [4.69, 9.17) is 0 Å². The molecule has 0 aromatic heterocycles. The van der Waals surface area contributed by atoms with Gasteiger partial charge in [0.2, 0.25) is 10.0 Å². The molecule has 0 aliphatic rings. The zero-order valence-electron chi connectivity index (χ0n) is 13.7. The van der Waals surface area contributed by atoms with Crippen LogP contribution in [0, 0.1) is 13.8 Å². The number of aliphatic imine (C=N–C) groups is 1. The fourth-order valence-corrected chi connectivity index (χ4v) is 2.55. The van der Waals surface area contributed by atoms with Gasteiger partial charge in [0.1, 0.15) is 0 Å². The van der Waals surface area contributed by atoms with Crippen LogP contribution in [0.1, 0.15) is 23.6 Å². The Balaban J connectivity index is 2.40. The van der Waals surface area contributed by atoms with Crippen molar-refractivity contribution >= 4 is 16.0 Å². The van der Waals surface area contributed by atoms with Crippen LogP contribution < -0.4 is 15.4 Å². The van der Waals surface area contributed by atoms with Crippen molar-refractivity contribution in [2.24, 2.45) is 4.99 Å². The molecule has 0 atom stereocenters. The lowest BCUT2D eigenvalue weighted by Gasteiger charge is -2.13. The van der Waals surface area contributed by atoms with Crippen LogP contribution in [0.2, 0.25) is 0 Å². The topological polar surface area (TPSA) is 82.6 Å². The monoisotopic (exact) mass is 326 g/mol. The van der Waals surface area contributed by atoms with Crippen molar-refractivity contribution in [1.82, 2.24) is 15.4 Å². The van der Waals surface area contributed by atoms with Gasteiger partial charge in [0.25, 0.3) is 0 Å². The molecule has 0 aliphatic carbocycles. The second-order valence-electron chi connectivity index (χ2n) is 5.08. The number of nitrogens with zero attached hydrogens (tertiary/aromatic N) is 1. The predicted molar refractivity (Wildman–Crippen MR) is 91.6 cm³/mol. The first-order chi connectivity index (χ1) is 10.4. The van der Waals surface area contributed by atoms with Crippen LogP contribution in [0.3, 0.4) is 0 Å². The molecule has 0 saturated carbocycles. The first-order valence-electron chi connectivity index (χ1n) is 7.36. The molecule has 0 heterocycles. The highest BCUT2D eigenvalue weighted by Gasteiger charge is 2.05. The van der Waals surface area contributed by atoms with Gasteiger partial charge in [-0.2, -0.15) is 0 Å². The quantitative estimate of drug-likeness (QED) is 0.395. The third-order valence-corrected chi connectivity index (χ3v) is 4.69. The Bertz CT molecular complexity index is 612. The number of guanidine groups is 1. The minimum atomic E-state index is -3.14. The van der Waals surface area contributed by atoms with Crippen molar-refractivity contribution in [3.63, 3.8) is 0 Å². The molecule has 1 aromatic carbocycles. The minimum absolute atomic E-state index is 0.0900. The number of benzene rings is 1. The van der Waals surface area contributed by atoms with Gasteiger partial charge in [0, 0.05) is 26.7 Å². The third-order valence-electron chi connectivity index (χ3n) is 3.29. The lowest BCUT2D eigenvalue weighted by atomic mass is 10.1. The van der Waals surface area contributed by atoms with Crippen molar-refractivity contribution in [3.05, 3.63) is 34.9 Å². The molecule has 0 amide bonds. The summed E-state index contributed by atoms with van der Waals surface area (Å²) in [5, 5.41) is 6.30. The van der Waals surface area contributed by atoms with E-state index in [1.807, 2.05) is 0 Å². The van der Waals surface area contributed by atoms with Crippen LogP contribution in [0.5, 0.6) is 0 Å². The number of aryl methyl sites for hydroxylation is 2. The van der Waals surface area contributed by atoms with Gasteiger partial charge in [-0.05, 0) is 31.9 Å². The number of sulfonamides is 1. The summed E-state index contributed by atoms with van der Waals surface area (Å²) in [5.41, 5.74) is 3.69. The Morgan fingerprint density at radius 2 is 1.91 bits per heavy atom. The summed E-state index contributed by atoms with van der Waals surface area (Å²) >= 11 is 0. The molecule has 7 heteroatoms. The van der Waals surface area contributed by atoms with E-state index >= 15 is 0 Å². The van der Waals surface area contributed by atoms with Gasteiger partial charge in [0.05, 0.1) is 5.75 Å². The van der Waals surface area contributed by atoms with E-state index < -0.39 is 10.0 Å². The smallest absolute Gasteiger partial charge is 0.211 e. The maximum absolute atomic E-state index is 11.3. The van der Waals surface area contributed by atoms with Gasteiger partial charge >= 0.3 is 0 Å². The van der Waals surface area contributed by atoms with Gasteiger partial charge in [-0.1, -0.05) is 23.8 Å². The van der Waals surface area contributed by atoms with Gasteiger partial charge in [-0.3, -0.25) is 4.99 Å². The first kappa shape index (κ1) is 18.4. The zero-order valence-corrected chi connectivity index (χ0v) is 14.5. The number of rotatable bonds is 7. The van der Waals surface area contributed by atoms with Gasteiger partial charge in [0.15, 0.2) is 5.96 Å². The Hall–Kier alpha value is -1.60. The molecule has 1 rings (SSSR count). The summed E-state index contributed by atoms with van der Waals surface area (Å²) < 4.78 is 25.1. The summed E-state index contributed by atoms with van der Waals surface area (Å²) in [6, 6.07) is 6.33. The largest absolute Gasteiger partial charge is 0.355 e. The summed E-state index contributed by atoms with van der Waals surface area (Å²) in [6.07, 6.45) is 0. The third kappa shape index (κ3) is 6.44. The molecule has 1 aromatic rings. The molecule has 0 aliphatic heterocycles. The SMILES string of the molecule is CCS(=O)(=O)NCCNC(=NC)NCc1ccc(C)cc1C. The van der Waals surface area contributed by atoms with E-state index in [-0.39, 0.29) is 5.75 Å². The van der Waals surface area contributed by atoms with Gasteiger partial charge < -0.3 is 10.6 Å². The average molecular weight is 326 g/mol. The molecule has 0 saturated heterocycles. The lowest BCUT2D eigenvalue weighted by molar-refractivity contribution is 0.582. The van der Waals surface area contributed by atoms with Crippen molar-refractivity contribution in [2.75, 3.05) is 25.9 Å². The molecule has 124 valence electrons. The van der Waals surface area contributed by atoms with E-state index in [0.717, 1.165) is 0 Å². The van der Waals surface area contributed by atoms with Gasteiger partial charge in [-0.15, -0.1) is 0 Å². The molecule has 0 spiro atoms. The zero-order chi connectivity index (χ0) is 16.6. The van der Waals surface area contributed by atoms with Crippen LogP contribution in [0.4, 0.5) is 0 Å². The highest BCUT2D eigenvalue weighted by molar-refractivity contribution is 7.89. The van der Waals surface area contributed by atoms with Crippen LogP contribution in [0.25, 0.3) is 0 Å².